The summed E-state index contributed by atoms with van der Waals surface area (Å²) in [6.07, 6.45) is 0.126. The average molecular weight is 322 g/mol. The van der Waals surface area contributed by atoms with Gasteiger partial charge in [-0.25, -0.2) is 0 Å². The number of Topliss-reactive ketones (excluding diaryl/α,β-unsaturated/α-hetero) is 1. The Labute approximate surface area is 140 Å². The smallest absolute Gasteiger partial charge is 0.258 e. The lowest BCUT2D eigenvalue weighted by Crippen LogP contribution is -2.05. The molecule has 0 saturated carbocycles. The van der Waals surface area contributed by atoms with Gasteiger partial charge >= 0.3 is 0 Å². The number of hydrogen-bond donors (Lipinski definition) is 0. The number of carbonyl (C=O) groups excluding carboxylic acids is 1. The highest BCUT2D eigenvalue weighted by atomic mass is 16.5. The summed E-state index contributed by atoms with van der Waals surface area (Å²) < 4.78 is 11.1. The van der Waals surface area contributed by atoms with Crippen LogP contribution in [0.5, 0.6) is 5.75 Å². The molecule has 0 radical (unpaired) electrons. The van der Waals surface area contributed by atoms with Crippen molar-refractivity contribution in [2.24, 2.45) is 0 Å². The van der Waals surface area contributed by atoms with Crippen molar-refractivity contribution in [1.29, 1.82) is 0 Å². The fraction of sp³-hybridized carbons (Fsp3) is 0.211. The van der Waals surface area contributed by atoms with Gasteiger partial charge < -0.3 is 9.26 Å². The summed E-state index contributed by atoms with van der Waals surface area (Å²) in [5.41, 5.74) is 1.55. The summed E-state index contributed by atoms with van der Waals surface area (Å²) in [5.74, 6) is 1.70. The Bertz CT molecular complexity index is 810. The van der Waals surface area contributed by atoms with Crippen molar-refractivity contribution in [3.05, 3.63) is 66.0 Å². The number of ketones is 1. The first-order valence-corrected chi connectivity index (χ1v) is 7.86. The van der Waals surface area contributed by atoms with Gasteiger partial charge in [0.15, 0.2) is 11.9 Å². The van der Waals surface area contributed by atoms with Gasteiger partial charge in [0.05, 0.1) is 0 Å². The zero-order valence-corrected chi connectivity index (χ0v) is 13.6. The summed E-state index contributed by atoms with van der Waals surface area (Å²) in [6.45, 7) is 3.69. The third-order valence-corrected chi connectivity index (χ3v) is 3.64. The summed E-state index contributed by atoms with van der Waals surface area (Å²) in [5, 5.41) is 3.98. The summed E-state index contributed by atoms with van der Waals surface area (Å²) in [6, 6.07) is 16.7. The number of hydrogen-bond acceptors (Lipinski definition) is 5. The van der Waals surface area contributed by atoms with Crippen LogP contribution in [0, 0.1) is 0 Å². The molecule has 2 aromatic carbocycles. The Hall–Kier alpha value is -2.95. The number of benzene rings is 2. The lowest BCUT2D eigenvalue weighted by atomic mass is 10.1. The molecule has 3 rings (SSSR count). The van der Waals surface area contributed by atoms with Gasteiger partial charge in [0, 0.05) is 17.5 Å². The van der Waals surface area contributed by atoms with Gasteiger partial charge in [-0.3, -0.25) is 4.79 Å². The predicted octanol–water partition coefficient (Wildman–Crippen LogP) is 4.47. The van der Waals surface area contributed by atoms with E-state index < -0.39 is 0 Å². The van der Waals surface area contributed by atoms with Gasteiger partial charge in [0.25, 0.3) is 5.89 Å². The molecule has 1 unspecified atom stereocenters. The third-order valence-electron chi connectivity index (χ3n) is 3.64. The lowest BCUT2D eigenvalue weighted by Gasteiger charge is -2.11. The fourth-order valence-electron chi connectivity index (χ4n) is 2.28. The highest BCUT2D eigenvalue weighted by Gasteiger charge is 2.16. The second kappa shape index (κ2) is 7.08. The number of ether oxygens (including phenoxy) is 1. The second-order valence-corrected chi connectivity index (χ2v) is 5.38. The molecule has 0 saturated heterocycles. The molecule has 1 atom stereocenters. The minimum Gasteiger partial charge on any atom is -0.483 e. The van der Waals surface area contributed by atoms with Gasteiger partial charge in [-0.05, 0) is 43.3 Å². The monoisotopic (exact) mass is 322 g/mol. The van der Waals surface area contributed by atoms with E-state index in [9.17, 15) is 4.79 Å². The van der Waals surface area contributed by atoms with Gasteiger partial charge in [-0.15, -0.1) is 0 Å². The Morgan fingerprint density at radius 1 is 1.12 bits per heavy atom. The molecule has 1 aromatic heterocycles. The van der Waals surface area contributed by atoms with Crippen molar-refractivity contribution >= 4 is 5.78 Å². The quantitative estimate of drug-likeness (QED) is 0.626. The molecule has 24 heavy (non-hydrogen) atoms. The average Bonchev–Trinajstić information content (AvgIpc) is 3.13. The van der Waals surface area contributed by atoms with E-state index in [-0.39, 0.29) is 11.9 Å². The van der Waals surface area contributed by atoms with E-state index in [1.165, 1.54) is 0 Å². The Morgan fingerprint density at radius 2 is 1.83 bits per heavy atom. The Kier molecular flexibility index (Phi) is 4.70. The first kappa shape index (κ1) is 15.9. The number of aromatic nitrogens is 2. The van der Waals surface area contributed by atoms with E-state index in [2.05, 4.69) is 10.1 Å². The van der Waals surface area contributed by atoms with Gasteiger partial charge in [0.2, 0.25) is 5.82 Å². The minimum atomic E-state index is -0.362. The maximum Gasteiger partial charge on any atom is 0.258 e. The zero-order valence-electron chi connectivity index (χ0n) is 13.6. The van der Waals surface area contributed by atoms with Crippen molar-refractivity contribution in [2.75, 3.05) is 0 Å². The SMILES string of the molecule is CCC(=O)c1ccc(OC(C)c2noc(-c3ccccc3)n2)cc1. The number of rotatable bonds is 6. The normalized spacial score (nSPS) is 11.9. The molecular formula is C19H18N2O3. The summed E-state index contributed by atoms with van der Waals surface area (Å²) in [4.78, 5) is 16.0. The van der Waals surface area contributed by atoms with Crippen LogP contribution >= 0.6 is 0 Å². The topological polar surface area (TPSA) is 65.2 Å². The van der Waals surface area contributed by atoms with Crippen molar-refractivity contribution in [3.8, 4) is 17.2 Å². The van der Waals surface area contributed by atoms with E-state index in [0.717, 1.165) is 5.56 Å². The van der Waals surface area contributed by atoms with Crippen LogP contribution in [-0.4, -0.2) is 15.9 Å². The Balaban J connectivity index is 1.70. The molecule has 0 aliphatic heterocycles. The van der Waals surface area contributed by atoms with Crippen LogP contribution in [0.4, 0.5) is 0 Å². The number of nitrogens with zero attached hydrogens (tertiary/aromatic N) is 2. The molecule has 0 aliphatic carbocycles. The van der Waals surface area contributed by atoms with Gasteiger partial charge in [-0.1, -0.05) is 30.3 Å². The molecule has 3 aromatic rings. The van der Waals surface area contributed by atoms with Crippen molar-refractivity contribution in [2.45, 2.75) is 26.4 Å². The van der Waals surface area contributed by atoms with Crippen LogP contribution < -0.4 is 4.74 Å². The molecule has 0 fully saturated rings. The minimum absolute atomic E-state index is 0.111. The highest BCUT2D eigenvalue weighted by molar-refractivity contribution is 5.95. The maximum absolute atomic E-state index is 11.6. The van der Waals surface area contributed by atoms with Crippen LogP contribution in [0.1, 0.15) is 42.6 Å². The molecule has 0 N–H and O–H groups in total. The molecule has 1 heterocycles. The molecule has 0 spiro atoms. The summed E-state index contributed by atoms with van der Waals surface area (Å²) >= 11 is 0. The molecule has 5 heteroatoms. The summed E-state index contributed by atoms with van der Waals surface area (Å²) in [7, 11) is 0. The van der Waals surface area contributed by atoms with E-state index in [4.69, 9.17) is 9.26 Å². The number of carbonyl (C=O) groups is 1. The Morgan fingerprint density at radius 3 is 2.50 bits per heavy atom. The molecular weight excluding hydrogens is 304 g/mol. The first-order valence-electron chi connectivity index (χ1n) is 7.86. The molecule has 0 bridgehead atoms. The zero-order chi connectivity index (χ0) is 16.9. The lowest BCUT2D eigenvalue weighted by molar-refractivity contribution is 0.0988. The second-order valence-electron chi connectivity index (χ2n) is 5.38. The van der Waals surface area contributed by atoms with Crippen molar-refractivity contribution in [3.63, 3.8) is 0 Å². The van der Waals surface area contributed by atoms with Crippen molar-refractivity contribution < 1.29 is 14.1 Å². The molecule has 0 aliphatic rings. The van der Waals surface area contributed by atoms with Crippen LogP contribution in [0.15, 0.2) is 59.1 Å². The van der Waals surface area contributed by atoms with E-state index in [1.807, 2.05) is 44.2 Å². The largest absolute Gasteiger partial charge is 0.483 e. The van der Waals surface area contributed by atoms with Gasteiger partial charge in [0.1, 0.15) is 5.75 Å². The molecule has 122 valence electrons. The van der Waals surface area contributed by atoms with Gasteiger partial charge in [-0.2, -0.15) is 4.98 Å². The van der Waals surface area contributed by atoms with E-state index in [1.54, 1.807) is 24.3 Å². The van der Waals surface area contributed by atoms with E-state index in [0.29, 0.717) is 29.4 Å². The molecule has 0 amide bonds. The van der Waals surface area contributed by atoms with Crippen LogP contribution in [-0.2, 0) is 0 Å². The predicted molar refractivity (Wildman–Crippen MR) is 89.8 cm³/mol. The fourth-order valence-corrected chi connectivity index (χ4v) is 2.28. The van der Waals surface area contributed by atoms with Crippen LogP contribution in [0.2, 0.25) is 0 Å². The highest BCUT2D eigenvalue weighted by Crippen LogP contribution is 2.23. The van der Waals surface area contributed by atoms with Crippen molar-refractivity contribution in [1.82, 2.24) is 10.1 Å². The van der Waals surface area contributed by atoms with Crippen LogP contribution in [0.25, 0.3) is 11.5 Å². The molecule has 5 nitrogen and oxygen atoms in total. The van der Waals surface area contributed by atoms with Crippen LogP contribution in [0.3, 0.4) is 0 Å². The van der Waals surface area contributed by atoms with E-state index >= 15 is 0 Å². The third kappa shape index (κ3) is 3.51. The standard InChI is InChI=1S/C19H18N2O3/c1-3-17(22)14-9-11-16(12-10-14)23-13(2)18-20-19(24-21-18)15-7-5-4-6-8-15/h4-13H,3H2,1-2H3. The maximum atomic E-state index is 11.6. The first-order chi connectivity index (χ1) is 11.7.